The molecule has 8 nitrogen and oxygen atoms in total. The number of nitrogens with zero attached hydrogens (tertiary/aromatic N) is 4. The zero-order valence-electron chi connectivity index (χ0n) is 17.9. The average molecular weight is 454 g/mol. The number of anilines is 1. The second-order valence-electron chi connectivity index (χ2n) is 8.59. The van der Waals surface area contributed by atoms with Crippen LogP contribution in [0.2, 0.25) is 0 Å². The van der Waals surface area contributed by atoms with Crippen LogP contribution in [-0.2, 0) is 10.0 Å². The SMILES string of the molecule is Nc1ccc(S(=O)(=O)N2CCC(c3ccn4ncc(C(=O)N5CCCC5)c4c3)CC2)cc1. The lowest BCUT2D eigenvalue weighted by atomic mass is 9.90. The van der Waals surface area contributed by atoms with Gasteiger partial charge in [-0.2, -0.15) is 9.40 Å². The quantitative estimate of drug-likeness (QED) is 0.612. The van der Waals surface area contributed by atoms with Gasteiger partial charge >= 0.3 is 0 Å². The molecule has 2 aliphatic heterocycles. The maximum absolute atomic E-state index is 13.0. The minimum absolute atomic E-state index is 0.0408. The van der Waals surface area contributed by atoms with E-state index in [1.807, 2.05) is 23.2 Å². The van der Waals surface area contributed by atoms with Crippen molar-refractivity contribution in [1.29, 1.82) is 0 Å². The number of amides is 1. The van der Waals surface area contributed by atoms with Gasteiger partial charge in [-0.3, -0.25) is 4.79 Å². The molecule has 2 saturated heterocycles. The molecular weight excluding hydrogens is 426 g/mol. The van der Waals surface area contributed by atoms with Crippen molar-refractivity contribution in [2.45, 2.75) is 36.5 Å². The maximum Gasteiger partial charge on any atom is 0.257 e. The fourth-order valence-electron chi connectivity index (χ4n) is 4.72. The molecule has 0 saturated carbocycles. The molecule has 2 aromatic heterocycles. The summed E-state index contributed by atoms with van der Waals surface area (Å²) in [6.07, 6.45) is 7.11. The summed E-state index contributed by atoms with van der Waals surface area (Å²) in [4.78, 5) is 15.1. The number of aromatic nitrogens is 2. The van der Waals surface area contributed by atoms with Crippen LogP contribution in [0.5, 0.6) is 0 Å². The Hall–Kier alpha value is -2.91. The van der Waals surface area contributed by atoms with E-state index in [0.717, 1.165) is 49.9 Å². The Morgan fingerprint density at radius 2 is 1.69 bits per heavy atom. The molecule has 1 aromatic carbocycles. The molecule has 0 spiro atoms. The van der Waals surface area contributed by atoms with E-state index in [4.69, 9.17) is 5.73 Å². The van der Waals surface area contributed by atoms with Crippen LogP contribution in [0.25, 0.3) is 5.52 Å². The Kier molecular flexibility index (Phi) is 5.38. The number of nitrogens with two attached hydrogens (primary N) is 1. The zero-order valence-corrected chi connectivity index (χ0v) is 18.7. The number of hydrogen-bond donors (Lipinski definition) is 1. The smallest absolute Gasteiger partial charge is 0.257 e. The Bertz CT molecular complexity index is 1240. The van der Waals surface area contributed by atoms with Crippen molar-refractivity contribution in [3.63, 3.8) is 0 Å². The van der Waals surface area contributed by atoms with E-state index in [1.54, 1.807) is 39.3 Å². The summed E-state index contributed by atoms with van der Waals surface area (Å²) in [5, 5.41) is 4.35. The first kappa shape index (κ1) is 21.0. The van der Waals surface area contributed by atoms with Gasteiger partial charge in [-0.1, -0.05) is 0 Å². The Morgan fingerprint density at radius 1 is 1.00 bits per heavy atom. The van der Waals surface area contributed by atoms with Gasteiger partial charge in [0.05, 0.1) is 22.2 Å². The number of carbonyl (C=O) groups excluding carboxylic acids is 1. The number of piperidine rings is 1. The molecule has 0 aliphatic carbocycles. The summed E-state index contributed by atoms with van der Waals surface area (Å²) in [6, 6.07) is 10.4. The molecule has 9 heteroatoms. The molecule has 2 aliphatic rings. The highest BCUT2D eigenvalue weighted by Crippen LogP contribution is 2.32. The summed E-state index contributed by atoms with van der Waals surface area (Å²) in [5.41, 5.74) is 8.81. The minimum Gasteiger partial charge on any atom is -0.399 e. The van der Waals surface area contributed by atoms with Gasteiger partial charge in [-0.25, -0.2) is 12.9 Å². The van der Waals surface area contributed by atoms with Crippen molar-refractivity contribution in [2.75, 3.05) is 31.9 Å². The number of benzene rings is 1. The average Bonchev–Trinajstić information content (AvgIpc) is 3.49. The van der Waals surface area contributed by atoms with Crippen molar-refractivity contribution >= 4 is 27.1 Å². The van der Waals surface area contributed by atoms with E-state index in [1.165, 1.54) is 0 Å². The standard InChI is InChI=1S/C23H27N5O3S/c24-19-3-5-20(6-4-19)32(30,31)27-12-7-17(8-13-27)18-9-14-28-22(15-18)21(16-25-28)23(29)26-10-1-2-11-26/h3-6,9,14-17H,1-2,7-8,10-13,24H2. The van der Waals surface area contributed by atoms with Crippen molar-refractivity contribution in [2.24, 2.45) is 0 Å². The van der Waals surface area contributed by atoms with E-state index in [0.29, 0.717) is 24.3 Å². The Balaban J connectivity index is 1.33. The van der Waals surface area contributed by atoms with E-state index >= 15 is 0 Å². The predicted molar refractivity (Wildman–Crippen MR) is 122 cm³/mol. The number of fused-ring (bicyclic) bond motifs is 1. The van der Waals surface area contributed by atoms with Crippen LogP contribution >= 0.6 is 0 Å². The van der Waals surface area contributed by atoms with E-state index in [-0.39, 0.29) is 16.7 Å². The summed E-state index contributed by atoms with van der Waals surface area (Å²) in [6.45, 7) is 2.52. The van der Waals surface area contributed by atoms with Crippen molar-refractivity contribution in [3.05, 3.63) is 59.9 Å². The molecule has 4 heterocycles. The third kappa shape index (κ3) is 3.75. The summed E-state index contributed by atoms with van der Waals surface area (Å²) < 4.78 is 29.2. The lowest BCUT2D eigenvalue weighted by Gasteiger charge is -2.31. The molecular formula is C23H27N5O3S. The van der Waals surface area contributed by atoms with E-state index in [9.17, 15) is 13.2 Å². The Morgan fingerprint density at radius 3 is 2.38 bits per heavy atom. The summed E-state index contributed by atoms with van der Waals surface area (Å²) in [7, 11) is -3.52. The van der Waals surface area contributed by atoms with Gasteiger partial charge in [-0.05, 0) is 73.6 Å². The van der Waals surface area contributed by atoms with Gasteiger partial charge in [-0.15, -0.1) is 0 Å². The van der Waals surface area contributed by atoms with Gasteiger partial charge in [0, 0.05) is 38.1 Å². The number of hydrogen-bond acceptors (Lipinski definition) is 5. The van der Waals surface area contributed by atoms with Gasteiger partial charge in [0.2, 0.25) is 10.0 Å². The zero-order chi connectivity index (χ0) is 22.3. The monoisotopic (exact) mass is 453 g/mol. The maximum atomic E-state index is 13.0. The third-order valence-electron chi connectivity index (χ3n) is 6.61. The van der Waals surface area contributed by atoms with Crippen LogP contribution in [0.3, 0.4) is 0 Å². The number of sulfonamides is 1. The second kappa shape index (κ2) is 8.22. The van der Waals surface area contributed by atoms with E-state index < -0.39 is 10.0 Å². The molecule has 1 amide bonds. The fraction of sp³-hybridized carbons (Fsp3) is 0.391. The molecule has 2 fully saturated rings. The topological polar surface area (TPSA) is 101 Å². The van der Waals surface area contributed by atoms with E-state index in [2.05, 4.69) is 5.10 Å². The van der Waals surface area contributed by atoms with Crippen LogP contribution in [0.1, 0.15) is 47.5 Å². The third-order valence-corrected chi connectivity index (χ3v) is 8.53. The highest BCUT2D eigenvalue weighted by Gasteiger charge is 2.30. The number of likely N-dealkylation sites (tertiary alicyclic amines) is 1. The highest BCUT2D eigenvalue weighted by atomic mass is 32.2. The van der Waals surface area contributed by atoms with Crippen LogP contribution in [0.15, 0.2) is 53.7 Å². The normalized spacial score (nSPS) is 18.4. The predicted octanol–water partition coefficient (Wildman–Crippen LogP) is 2.72. The van der Waals surface area contributed by atoms with Gasteiger partial charge < -0.3 is 10.6 Å². The second-order valence-corrected chi connectivity index (χ2v) is 10.5. The first-order valence-electron chi connectivity index (χ1n) is 11.1. The number of pyridine rings is 1. The first-order chi connectivity index (χ1) is 15.4. The first-order valence-corrected chi connectivity index (χ1v) is 12.5. The minimum atomic E-state index is -3.52. The summed E-state index contributed by atoms with van der Waals surface area (Å²) in [5.74, 6) is 0.279. The molecule has 5 rings (SSSR count). The van der Waals surface area contributed by atoms with Crippen LogP contribution < -0.4 is 5.73 Å². The Labute approximate surface area is 187 Å². The highest BCUT2D eigenvalue weighted by molar-refractivity contribution is 7.89. The molecule has 168 valence electrons. The molecule has 32 heavy (non-hydrogen) atoms. The fourth-order valence-corrected chi connectivity index (χ4v) is 6.19. The largest absolute Gasteiger partial charge is 0.399 e. The van der Waals surface area contributed by atoms with Crippen molar-refractivity contribution in [3.8, 4) is 0 Å². The summed E-state index contributed by atoms with van der Waals surface area (Å²) >= 11 is 0. The van der Waals surface area contributed by atoms with Crippen LogP contribution in [-0.4, -0.2) is 59.3 Å². The molecule has 0 unspecified atom stereocenters. The lowest BCUT2D eigenvalue weighted by Crippen LogP contribution is -2.37. The van der Waals surface area contributed by atoms with Crippen LogP contribution in [0, 0.1) is 0 Å². The van der Waals surface area contributed by atoms with Gasteiger partial charge in [0.15, 0.2) is 0 Å². The van der Waals surface area contributed by atoms with Gasteiger partial charge in [0.1, 0.15) is 0 Å². The van der Waals surface area contributed by atoms with Gasteiger partial charge in [0.25, 0.3) is 5.91 Å². The molecule has 0 radical (unpaired) electrons. The molecule has 3 aromatic rings. The number of nitrogen functional groups attached to an aromatic ring is 1. The molecule has 0 atom stereocenters. The number of rotatable bonds is 4. The molecule has 0 bridgehead atoms. The van der Waals surface area contributed by atoms with Crippen LogP contribution in [0.4, 0.5) is 5.69 Å². The lowest BCUT2D eigenvalue weighted by molar-refractivity contribution is 0.0794. The molecule has 2 N–H and O–H groups in total. The van der Waals surface area contributed by atoms with Crippen molar-refractivity contribution in [1.82, 2.24) is 18.8 Å². The van der Waals surface area contributed by atoms with Crippen molar-refractivity contribution < 1.29 is 13.2 Å². The number of carbonyl (C=O) groups is 1.